The molecule has 1 aromatic carbocycles. The van der Waals surface area contributed by atoms with Crippen LogP contribution in [0.4, 0.5) is 23.1 Å². The third-order valence-corrected chi connectivity index (χ3v) is 7.35. The van der Waals surface area contributed by atoms with Crippen LogP contribution in [0.25, 0.3) is 0 Å². The van der Waals surface area contributed by atoms with Gasteiger partial charge in [-0.2, -0.15) is 4.98 Å². The molecule has 10 nitrogen and oxygen atoms in total. The Balaban J connectivity index is 1.41. The van der Waals surface area contributed by atoms with E-state index in [1.807, 2.05) is 6.92 Å². The largest absolute Gasteiger partial charge is 0.495 e. The van der Waals surface area contributed by atoms with Crippen LogP contribution < -0.4 is 25.2 Å². The van der Waals surface area contributed by atoms with Crippen molar-refractivity contribution in [2.45, 2.75) is 51.1 Å². The summed E-state index contributed by atoms with van der Waals surface area (Å²) in [5.74, 6) is 1.47. The highest BCUT2D eigenvalue weighted by Gasteiger charge is 2.35. The summed E-state index contributed by atoms with van der Waals surface area (Å²) in [6, 6.07) is 5.64. The van der Waals surface area contributed by atoms with E-state index in [0.717, 1.165) is 30.8 Å². The van der Waals surface area contributed by atoms with Crippen molar-refractivity contribution in [3.05, 3.63) is 30.0 Å². The lowest BCUT2D eigenvalue weighted by molar-refractivity contribution is -0.121. The molecule has 2 atom stereocenters. The Morgan fingerprint density at radius 3 is 2.75 bits per heavy atom. The van der Waals surface area contributed by atoms with Crippen molar-refractivity contribution in [2.24, 2.45) is 5.92 Å². The van der Waals surface area contributed by atoms with Crippen molar-refractivity contribution in [3.63, 3.8) is 0 Å². The number of amides is 2. The molecule has 10 heteroatoms. The Morgan fingerprint density at radius 2 is 2.03 bits per heavy atom. The number of carbonyl (C=O) groups is 2. The van der Waals surface area contributed by atoms with Crippen molar-refractivity contribution in [1.82, 2.24) is 15.3 Å². The minimum Gasteiger partial charge on any atom is -0.495 e. The lowest BCUT2D eigenvalue weighted by atomic mass is 10.1. The minimum atomic E-state index is -0.161. The van der Waals surface area contributed by atoms with Gasteiger partial charge in [-0.25, -0.2) is 4.98 Å². The normalized spacial score (nSPS) is 22.4. The third kappa shape index (κ3) is 4.82. The molecule has 3 heterocycles. The van der Waals surface area contributed by atoms with Gasteiger partial charge in [-0.3, -0.25) is 9.59 Å². The molecule has 5 rings (SSSR count). The molecule has 1 aliphatic carbocycles. The summed E-state index contributed by atoms with van der Waals surface area (Å²) in [6.45, 7) is 3.81. The summed E-state index contributed by atoms with van der Waals surface area (Å²) in [5, 5.41) is 6.25. The molecule has 1 saturated carbocycles. The summed E-state index contributed by atoms with van der Waals surface area (Å²) in [7, 11) is 3.35. The monoisotopic (exact) mass is 494 g/mol. The van der Waals surface area contributed by atoms with Crippen LogP contribution in [0.1, 0.15) is 49.4 Å². The minimum absolute atomic E-state index is 0.0322. The Labute approximate surface area is 211 Å². The number of hydrogen-bond donors (Lipinski definition) is 2. The highest BCUT2D eigenvalue weighted by atomic mass is 16.5. The predicted octanol–water partition coefficient (Wildman–Crippen LogP) is 3.11. The Kier molecular flexibility index (Phi) is 6.95. The van der Waals surface area contributed by atoms with Gasteiger partial charge in [0, 0.05) is 31.8 Å². The van der Waals surface area contributed by atoms with E-state index in [-0.39, 0.29) is 23.8 Å². The number of fused-ring (bicyclic) bond motifs is 1. The van der Waals surface area contributed by atoms with Gasteiger partial charge in [-0.05, 0) is 37.5 Å². The molecule has 0 spiro atoms. The zero-order valence-corrected chi connectivity index (χ0v) is 21.1. The topological polar surface area (TPSA) is 109 Å². The standard InChI is InChI=1S/C26H34N6O4/c1-16-14-32(19-6-4-5-7-19)23-21(31(2)25(16)34)13-27-26(30-23)29-20-9-8-17(12-22(20)35-3)24(33)28-18-10-11-36-15-18/h8-9,12-13,16,18-19H,4-7,10-11,14-15H2,1-3H3,(H,28,33)(H,27,29,30). The molecule has 0 radical (unpaired) electrons. The molecule has 2 fully saturated rings. The van der Waals surface area contributed by atoms with Gasteiger partial charge in [0.05, 0.1) is 37.6 Å². The molecule has 2 aromatic rings. The van der Waals surface area contributed by atoms with Crippen LogP contribution in [0.15, 0.2) is 24.4 Å². The molecule has 2 aliphatic heterocycles. The SMILES string of the molecule is COc1cc(C(=O)NC2CCOC2)ccc1Nc1ncc2c(n1)N(C1CCCC1)CC(C)C(=O)N2C. The van der Waals surface area contributed by atoms with Crippen molar-refractivity contribution in [3.8, 4) is 5.75 Å². The molecule has 1 saturated heterocycles. The molecule has 2 amide bonds. The third-order valence-electron chi connectivity index (χ3n) is 7.35. The Hall–Kier alpha value is -3.40. The smallest absolute Gasteiger partial charge is 0.251 e. The maximum atomic E-state index is 12.9. The number of carbonyl (C=O) groups excluding carboxylic acids is 2. The first kappa shape index (κ1) is 24.3. The first-order valence-electron chi connectivity index (χ1n) is 12.7. The second-order valence-electron chi connectivity index (χ2n) is 9.87. The maximum Gasteiger partial charge on any atom is 0.251 e. The van der Waals surface area contributed by atoms with Gasteiger partial charge >= 0.3 is 0 Å². The molecule has 0 bridgehead atoms. The predicted molar refractivity (Wildman–Crippen MR) is 137 cm³/mol. The number of anilines is 4. The van der Waals surface area contributed by atoms with Crippen molar-refractivity contribution >= 4 is 35.0 Å². The van der Waals surface area contributed by atoms with Crippen molar-refractivity contribution < 1.29 is 19.1 Å². The summed E-state index contributed by atoms with van der Waals surface area (Å²) in [5.41, 5.74) is 1.88. The van der Waals surface area contributed by atoms with Crippen LogP contribution in [0.3, 0.4) is 0 Å². The number of methoxy groups -OCH3 is 1. The quantitative estimate of drug-likeness (QED) is 0.631. The zero-order valence-electron chi connectivity index (χ0n) is 21.1. The number of nitrogens with one attached hydrogen (secondary N) is 2. The molecule has 2 N–H and O–H groups in total. The summed E-state index contributed by atoms with van der Waals surface area (Å²) >= 11 is 0. The lowest BCUT2D eigenvalue weighted by Crippen LogP contribution is -2.38. The van der Waals surface area contributed by atoms with E-state index in [9.17, 15) is 9.59 Å². The average molecular weight is 495 g/mol. The van der Waals surface area contributed by atoms with Gasteiger partial charge in [-0.1, -0.05) is 19.8 Å². The number of hydrogen-bond acceptors (Lipinski definition) is 8. The first-order valence-corrected chi connectivity index (χ1v) is 12.7. The molecular formula is C26H34N6O4. The highest BCUT2D eigenvalue weighted by molar-refractivity contribution is 5.99. The number of benzene rings is 1. The van der Waals surface area contributed by atoms with Gasteiger partial charge < -0.3 is 29.9 Å². The van der Waals surface area contributed by atoms with Gasteiger partial charge in [0.2, 0.25) is 11.9 Å². The Bertz CT molecular complexity index is 1130. The fourth-order valence-electron chi connectivity index (χ4n) is 5.29. The van der Waals surface area contributed by atoms with Crippen LogP contribution in [-0.2, 0) is 9.53 Å². The van der Waals surface area contributed by atoms with E-state index in [2.05, 4.69) is 20.5 Å². The Morgan fingerprint density at radius 1 is 1.22 bits per heavy atom. The number of rotatable bonds is 6. The zero-order chi connectivity index (χ0) is 25.2. The van der Waals surface area contributed by atoms with Crippen LogP contribution >= 0.6 is 0 Å². The van der Waals surface area contributed by atoms with Crippen LogP contribution in [0, 0.1) is 5.92 Å². The van der Waals surface area contributed by atoms with E-state index in [4.69, 9.17) is 14.5 Å². The second kappa shape index (κ2) is 10.3. The molecule has 36 heavy (non-hydrogen) atoms. The van der Waals surface area contributed by atoms with Gasteiger partial charge in [0.15, 0.2) is 5.82 Å². The van der Waals surface area contributed by atoms with Crippen LogP contribution in [0.2, 0.25) is 0 Å². The summed E-state index contributed by atoms with van der Waals surface area (Å²) < 4.78 is 10.9. The molecular weight excluding hydrogens is 460 g/mol. The van der Waals surface area contributed by atoms with Crippen molar-refractivity contribution in [1.29, 1.82) is 0 Å². The van der Waals surface area contributed by atoms with Gasteiger partial charge in [-0.15, -0.1) is 0 Å². The summed E-state index contributed by atoms with van der Waals surface area (Å²) in [6.07, 6.45) is 7.10. The highest BCUT2D eigenvalue weighted by Crippen LogP contribution is 2.38. The van der Waals surface area contributed by atoms with Gasteiger partial charge in [0.1, 0.15) is 11.4 Å². The maximum absolute atomic E-state index is 12.9. The van der Waals surface area contributed by atoms with Crippen LogP contribution in [-0.4, -0.2) is 67.8 Å². The van der Waals surface area contributed by atoms with E-state index < -0.39 is 0 Å². The first-order chi connectivity index (χ1) is 17.4. The fourth-order valence-corrected chi connectivity index (χ4v) is 5.29. The molecule has 1 aromatic heterocycles. The van der Waals surface area contributed by atoms with Crippen LogP contribution in [0.5, 0.6) is 5.75 Å². The molecule has 192 valence electrons. The van der Waals surface area contributed by atoms with E-state index in [0.29, 0.717) is 48.7 Å². The molecule has 2 unspecified atom stereocenters. The number of nitrogens with zero attached hydrogens (tertiary/aromatic N) is 4. The number of aromatic nitrogens is 2. The molecule has 3 aliphatic rings. The fraction of sp³-hybridized carbons (Fsp3) is 0.538. The second-order valence-corrected chi connectivity index (χ2v) is 9.87. The average Bonchev–Trinajstić information content (AvgIpc) is 3.60. The lowest BCUT2D eigenvalue weighted by Gasteiger charge is -2.31. The van der Waals surface area contributed by atoms with E-state index >= 15 is 0 Å². The number of ether oxygens (including phenoxy) is 2. The van der Waals surface area contributed by atoms with E-state index in [1.165, 1.54) is 12.8 Å². The van der Waals surface area contributed by atoms with Gasteiger partial charge in [0.25, 0.3) is 5.91 Å². The van der Waals surface area contributed by atoms with E-state index in [1.54, 1.807) is 43.5 Å². The summed E-state index contributed by atoms with van der Waals surface area (Å²) in [4.78, 5) is 38.9. The van der Waals surface area contributed by atoms with Crippen molar-refractivity contribution in [2.75, 3.05) is 49.0 Å².